The molecule has 3 atom stereocenters. The van der Waals surface area contributed by atoms with Crippen LogP contribution in [0.15, 0.2) is 30.7 Å². The first-order chi connectivity index (χ1) is 18.5. The van der Waals surface area contributed by atoms with Crippen LogP contribution in [-0.2, 0) is 27.5 Å². The first-order valence-corrected chi connectivity index (χ1v) is 13.1. The van der Waals surface area contributed by atoms with Crippen LogP contribution in [0.25, 0.3) is 0 Å². The van der Waals surface area contributed by atoms with E-state index in [1.807, 2.05) is 24.8 Å². The first-order valence-electron chi connectivity index (χ1n) is 13.1. The highest BCUT2D eigenvalue weighted by atomic mass is 16.7. The van der Waals surface area contributed by atoms with Gasteiger partial charge in [0, 0.05) is 42.5 Å². The van der Waals surface area contributed by atoms with Crippen LogP contribution in [0.1, 0.15) is 55.8 Å². The summed E-state index contributed by atoms with van der Waals surface area (Å²) in [5, 5.41) is 21.7. The molecular formula is C27H36N4O7. The zero-order valence-corrected chi connectivity index (χ0v) is 21.9. The summed E-state index contributed by atoms with van der Waals surface area (Å²) in [5.74, 6) is -1.37. The number of aliphatic carboxylic acids is 1. The molecule has 1 aromatic carbocycles. The molecule has 11 nitrogen and oxygen atoms in total. The van der Waals surface area contributed by atoms with Crippen LogP contribution in [0.2, 0.25) is 0 Å². The van der Waals surface area contributed by atoms with Crippen molar-refractivity contribution in [1.29, 1.82) is 0 Å². The van der Waals surface area contributed by atoms with Crippen molar-refractivity contribution >= 4 is 11.9 Å². The Morgan fingerprint density at radius 1 is 1.24 bits per heavy atom. The van der Waals surface area contributed by atoms with E-state index >= 15 is 0 Å². The third-order valence-corrected chi connectivity index (χ3v) is 7.04. The fraction of sp³-hybridized carbons (Fsp3) is 0.556. The lowest BCUT2D eigenvalue weighted by atomic mass is 9.83. The predicted octanol–water partition coefficient (Wildman–Crippen LogP) is 2.38. The molecule has 1 aromatic heterocycles. The van der Waals surface area contributed by atoms with E-state index in [1.165, 1.54) is 11.4 Å². The second-order valence-electron chi connectivity index (χ2n) is 9.61. The number of aromatic nitrogens is 2. The fourth-order valence-corrected chi connectivity index (χ4v) is 5.31. The number of carboxylic acid groups (broad SMARTS) is 1. The zero-order chi connectivity index (χ0) is 27.1. The topological polar surface area (TPSA) is 135 Å². The van der Waals surface area contributed by atoms with Gasteiger partial charge in [0.15, 0.2) is 11.5 Å². The number of hydrogen-bond acceptors (Lipinski definition) is 9. The summed E-state index contributed by atoms with van der Waals surface area (Å²) < 4.78 is 11.1. The van der Waals surface area contributed by atoms with E-state index in [9.17, 15) is 19.8 Å². The van der Waals surface area contributed by atoms with Crippen LogP contribution in [-0.4, -0.2) is 81.1 Å². The van der Waals surface area contributed by atoms with E-state index in [2.05, 4.69) is 9.97 Å². The number of carbonyl (C=O) groups excluding carboxylic acids is 1. The molecule has 1 amide bonds. The molecule has 1 fully saturated rings. The lowest BCUT2D eigenvalue weighted by molar-refractivity contribution is -0.188. The first kappa shape index (κ1) is 27.7. The minimum absolute atomic E-state index is 0.0375. The smallest absolute Gasteiger partial charge is 0.308 e. The van der Waals surface area contributed by atoms with Crippen LogP contribution in [0.5, 0.6) is 11.5 Å². The number of hydroxylamine groups is 2. The Labute approximate surface area is 222 Å². The third kappa shape index (κ3) is 6.23. The van der Waals surface area contributed by atoms with Crippen LogP contribution in [0.3, 0.4) is 0 Å². The minimum Gasteiger partial charge on any atom is -0.481 e. The maximum absolute atomic E-state index is 13.3. The average molecular weight is 529 g/mol. The quantitative estimate of drug-likeness (QED) is 0.373. The van der Waals surface area contributed by atoms with Gasteiger partial charge in [-0.3, -0.25) is 19.3 Å². The van der Waals surface area contributed by atoms with E-state index in [0.29, 0.717) is 49.6 Å². The van der Waals surface area contributed by atoms with Crippen molar-refractivity contribution in [3.05, 3.63) is 47.5 Å². The number of aliphatic hydroxyl groups excluding tert-OH is 1. The summed E-state index contributed by atoms with van der Waals surface area (Å²) in [6.45, 7) is 5.04. The average Bonchev–Trinajstić information content (AvgIpc) is 3.54. The molecule has 0 bridgehead atoms. The van der Waals surface area contributed by atoms with Crippen molar-refractivity contribution in [3.8, 4) is 11.5 Å². The Hall–Kier alpha value is -3.28. The number of rotatable bonds is 13. The van der Waals surface area contributed by atoms with Crippen LogP contribution in [0.4, 0.5) is 0 Å². The van der Waals surface area contributed by atoms with Gasteiger partial charge in [-0.1, -0.05) is 13.8 Å². The van der Waals surface area contributed by atoms with Gasteiger partial charge in [0.25, 0.3) is 5.91 Å². The molecule has 38 heavy (non-hydrogen) atoms. The van der Waals surface area contributed by atoms with E-state index in [0.717, 1.165) is 24.1 Å². The maximum atomic E-state index is 13.3. The minimum atomic E-state index is -0.937. The number of carboxylic acids is 1. The van der Waals surface area contributed by atoms with Crippen molar-refractivity contribution in [2.45, 2.75) is 58.1 Å². The van der Waals surface area contributed by atoms with Crippen molar-refractivity contribution in [3.63, 3.8) is 0 Å². The van der Waals surface area contributed by atoms with Gasteiger partial charge in [0.05, 0.1) is 25.7 Å². The molecule has 2 aliphatic heterocycles. The Kier molecular flexibility index (Phi) is 9.48. The van der Waals surface area contributed by atoms with Crippen LogP contribution in [0, 0.1) is 5.92 Å². The largest absolute Gasteiger partial charge is 0.481 e. The summed E-state index contributed by atoms with van der Waals surface area (Å²) in [5.41, 5.74) is 2.09. The van der Waals surface area contributed by atoms with Crippen molar-refractivity contribution < 1.29 is 34.1 Å². The summed E-state index contributed by atoms with van der Waals surface area (Å²) in [7, 11) is 0. The molecule has 2 aromatic rings. The Morgan fingerprint density at radius 3 is 2.76 bits per heavy atom. The SMILES string of the molecule is CCCON(CCC)C(=O)CN1C[C@H](c2cc(CO)c3c(c2)OCO3)[C@@H](C(=O)O)[C@@H]1CCc1ccncn1. The Morgan fingerprint density at radius 2 is 2.08 bits per heavy atom. The van der Waals surface area contributed by atoms with Gasteiger partial charge in [-0.2, -0.15) is 0 Å². The molecule has 2 N–H and O–H groups in total. The van der Waals surface area contributed by atoms with Crippen LogP contribution >= 0.6 is 0 Å². The number of carbonyl (C=O) groups is 2. The molecule has 11 heteroatoms. The Balaban J connectivity index is 1.64. The molecule has 0 saturated carbocycles. The van der Waals surface area contributed by atoms with Gasteiger partial charge in [-0.25, -0.2) is 15.0 Å². The number of likely N-dealkylation sites (tertiary alicyclic amines) is 1. The molecule has 1 saturated heterocycles. The van der Waals surface area contributed by atoms with Crippen molar-refractivity contribution in [2.24, 2.45) is 5.92 Å². The van der Waals surface area contributed by atoms with Gasteiger partial charge in [0.1, 0.15) is 6.33 Å². The summed E-state index contributed by atoms with van der Waals surface area (Å²) in [6, 6.07) is 4.97. The molecule has 206 valence electrons. The number of hydrogen-bond donors (Lipinski definition) is 2. The number of nitrogens with zero attached hydrogens (tertiary/aromatic N) is 4. The number of ether oxygens (including phenoxy) is 2. The number of fused-ring (bicyclic) bond motifs is 1. The molecule has 2 aliphatic rings. The van der Waals surface area contributed by atoms with Crippen LogP contribution < -0.4 is 9.47 Å². The highest BCUT2D eigenvalue weighted by Crippen LogP contribution is 2.44. The molecule has 4 rings (SSSR count). The van der Waals surface area contributed by atoms with E-state index < -0.39 is 23.8 Å². The predicted molar refractivity (Wildman–Crippen MR) is 136 cm³/mol. The third-order valence-electron chi connectivity index (χ3n) is 7.04. The standard InChI is InChI=1S/C27H36N4O7/c1-3-9-31(38-10-4-2)24(33)14-30-13-21(18-11-19(15-32)26-23(12-18)36-17-37-26)25(27(34)35)22(30)6-5-20-7-8-28-16-29-20/h7-8,11-12,16,21-22,25,32H,3-6,9-10,13-15,17H2,1-2H3,(H,34,35)/t21-,22+,25-/m1/s1. The lowest BCUT2D eigenvalue weighted by Gasteiger charge is -2.29. The highest BCUT2D eigenvalue weighted by molar-refractivity contribution is 5.78. The van der Waals surface area contributed by atoms with E-state index in [-0.39, 0.29) is 25.9 Å². The number of benzene rings is 1. The molecule has 0 spiro atoms. The van der Waals surface area contributed by atoms with Crippen molar-refractivity contribution in [1.82, 2.24) is 19.9 Å². The summed E-state index contributed by atoms with van der Waals surface area (Å²) >= 11 is 0. The molecule has 0 radical (unpaired) electrons. The van der Waals surface area contributed by atoms with Gasteiger partial charge in [0.2, 0.25) is 6.79 Å². The number of aryl methyl sites for hydroxylation is 1. The number of aliphatic hydroxyl groups is 1. The molecular weight excluding hydrogens is 492 g/mol. The normalized spacial score (nSPS) is 20.6. The van der Waals surface area contributed by atoms with Gasteiger partial charge in [-0.05, 0) is 49.4 Å². The monoisotopic (exact) mass is 528 g/mol. The molecule has 0 aliphatic carbocycles. The van der Waals surface area contributed by atoms with Gasteiger partial charge in [-0.15, -0.1) is 0 Å². The van der Waals surface area contributed by atoms with Gasteiger partial charge >= 0.3 is 5.97 Å². The summed E-state index contributed by atoms with van der Waals surface area (Å²) in [4.78, 5) is 41.9. The molecule has 3 heterocycles. The Bertz CT molecular complexity index is 1100. The fourth-order valence-electron chi connectivity index (χ4n) is 5.31. The number of amides is 1. The zero-order valence-electron chi connectivity index (χ0n) is 21.9. The summed E-state index contributed by atoms with van der Waals surface area (Å²) in [6.07, 6.45) is 5.69. The van der Waals surface area contributed by atoms with E-state index in [1.54, 1.807) is 18.3 Å². The van der Waals surface area contributed by atoms with Crippen molar-refractivity contribution in [2.75, 3.05) is 33.0 Å². The van der Waals surface area contributed by atoms with E-state index in [4.69, 9.17) is 14.3 Å². The second-order valence-corrected chi connectivity index (χ2v) is 9.61. The maximum Gasteiger partial charge on any atom is 0.308 e. The molecule has 0 unspecified atom stereocenters. The second kappa shape index (κ2) is 13.0. The van der Waals surface area contributed by atoms with Gasteiger partial charge < -0.3 is 19.7 Å². The highest BCUT2D eigenvalue weighted by Gasteiger charge is 2.47. The lowest BCUT2D eigenvalue weighted by Crippen LogP contribution is -2.44.